The van der Waals surface area contributed by atoms with Crippen molar-refractivity contribution >= 4 is 23.5 Å². The molecule has 1 unspecified atom stereocenters. The maximum atomic E-state index is 6.14. The van der Waals surface area contributed by atoms with Gasteiger partial charge in [-0.2, -0.15) is 15.0 Å². The van der Waals surface area contributed by atoms with Gasteiger partial charge < -0.3 is 14.7 Å². The molecule has 21 heavy (non-hydrogen) atoms. The van der Waals surface area contributed by atoms with Crippen molar-refractivity contribution in [1.82, 2.24) is 19.9 Å². The van der Waals surface area contributed by atoms with Gasteiger partial charge in [-0.1, -0.05) is 0 Å². The van der Waals surface area contributed by atoms with Crippen LogP contribution >= 0.6 is 11.6 Å². The molecule has 116 valence electrons. The summed E-state index contributed by atoms with van der Waals surface area (Å²) >= 11 is 6.14. The van der Waals surface area contributed by atoms with Gasteiger partial charge in [-0.3, -0.25) is 0 Å². The van der Waals surface area contributed by atoms with E-state index in [0.29, 0.717) is 11.3 Å². The van der Waals surface area contributed by atoms with Crippen LogP contribution in [0.1, 0.15) is 26.2 Å². The van der Waals surface area contributed by atoms with Gasteiger partial charge in [-0.25, -0.2) is 0 Å². The molecule has 2 saturated heterocycles. The molecule has 2 aliphatic heterocycles. The summed E-state index contributed by atoms with van der Waals surface area (Å²) in [4.78, 5) is 20.2. The van der Waals surface area contributed by atoms with Crippen LogP contribution in [-0.2, 0) is 0 Å². The second kappa shape index (κ2) is 6.32. The van der Waals surface area contributed by atoms with Gasteiger partial charge in [0.1, 0.15) is 0 Å². The van der Waals surface area contributed by atoms with Crippen molar-refractivity contribution in [1.29, 1.82) is 0 Å². The van der Waals surface area contributed by atoms with Crippen LogP contribution in [0.4, 0.5) is 11.9 Å². The summed E-state index contributed by atoms with van der Waals surface area (Å²) in [6, 6.07) is 0.377. The SMILES string of the molecule is CC1CN(C)CCCN1c1nc(Cl)nc(N2CCCC2)n1. The predicted octanol–water partition coefficient (Wildman–Crippen LogP) is 1.66. The molecule has 6 nitrogen and oxygen atoms in total. The Bertz CT molecular complexity index is 490. The normalized spacial score (nSPS) is 24.4. The largest absolute Gasteiger partial charge is 0.341 e. The van der Waals surface area contributed by atoms with E-state index in [4.69, 9.17) is 11.6 Å². The predicted molar refractivity (Wildman–Crippen MR) is 85.2 cm³/mol. The van der Waals surface area contributed by atoms with Gasteiger partial charge in [0.25, 0.3) is 0 Å². The first-order valence-corrected chi connectivity index (χ1v) is 8.13. The number of aromatic nitrogens is 3. The molecule has 1 atom stereocenters. The second-order valence-electron chi connectivity index (χ2n) is 6.06. The Morgan fingerprint density at radius 1 is 0.952 bits per heavy atom. The molecule has 0 N–H and O–H groups in total. The maximum absolute atomic E-state index is 6.14. The number of likely N-dealkylation sites (N-methyl/N-ethyl adjacent to an activating group) is 1. The van der Waals surface area contributed by atoms with Crippen molar-refractivity contribution in [3.8, 4) is 0 Å². The van der Waals surface area contributed by atoms with Crippen molar-refractivity contribution in [2.75, 3.05) is 49.6 Å². The molecule has 0 spiro atoms. The van der Waals surface area contributed by atoms with Crippen molar-refractivity contribution in [2.45, 2.75) is 32.2 Å². The maximum Gasteiger partial charge on any atom is 0.231 e. The van der Waals surface area contributed by atoms with Crippen molar-refractivity contribution in [3.63, 3.8) is 0 Å². The van der Waals surface area contributed by atoms with Gasteiger partial charge in [-0.15, -0.1) is 0 Å². The highest BCUT2D eigenvalue weighted by Gasteiger charge is 2.24. The van der Waals surface area contributed by atoms with E-state index >= 15 is 0 Å². The minimum Gasteiger partial charge on any atom is -0.341 e. The third kappa shape index (κ3) is 3.37. The van der Waals surface area contributed by atoms with E-state index in [1.807, 2.05) is 0 Å². The summed E-state index contributed by atoms with van der Waals surface area (Å²) in [7, 11) is 2.16. The van der Waals surface area contributed by atoms with E-state index in [9.17, 15) is 0 Å². The van der Waals surface area contributed by atoms with Crippen LogP contribution in [0.2, 0.25) is 5.28 Å². The van der Waals surface area contributed by atoms with Crippen molar-refractivity contribution in [2.24, 2.45) is 0 Å². The Morgan fingerprint density at radius 3 is 2.43 bits per heavy atom. The zero-order valence-corrected chi connectivity index (χ0v) is 13.6. The molecule has 0 radical (unpaired) electrons. The molecule has 0 saturated carbocycles. The molecule has 7 heteroatoms. The molecule has 3 heterocycles. The summed E-state index contributed by atoms with van der Waals surface area (Å²) in [5.41, 5.74) is 0. The highest BCUT2D eigenvalue weighted by atomic mass is 35.5. The van der Waals surface area contributed by atoms with E-state index in [0.717, 1.165) is 51.0 Å². The zero-order chi connectivity index (χ0) is 14.8. The van der Waals surface area contributed by atoms with Crippen LogP contribution in [0, 0.1) is 0 Å². The molecular formula is C14H23ClN6. The molecule has 0 aliphatic carbocycles. The summed E-state index contributed by atoms with van der Waals surface area (Å²) in [5.74, 6) is 1.45. The Balaban J connectivity index is 1.86. The van der Waals surface area contributed by atoms with Crippen molar-refractivity contribution in [3.05, 3.63) is 5.28 Å². The van der Waals surface area contributed by atoms with Gasteiger partial charge in [0.2, 0.25) is 17.2 Å². The molecular weight excluding hydrogens is 288 g/mol. The zero-order valence-electron chi connectivity index (χ0n) is 12.8. The highest BCUT2D eigenvalue weighted by molar-refractivity contribution is 6.28. The Hall–Kier alpha value is -1.14. The van der Waals surface area contributed by atoms with Gasteiger partial charge in [0.15, 0.2) is 0 Å². The van der Waals surface area contributed by atoms with E-state index in [1.165, 1.54) is 12.8 Å². The first-order valence-electron chi connectivity index (χ1n) is 7.75. The quantitative estimate of drug-likeness (QED) is 0.828. The molecule has 0 aromatic carbocycles. The van der Waals surface area contributed by atoms with Crippen LogP contribution in [-0.4, -0.2) is 65.7 Å². The molecule has 1 aromatic heterocycles. The number of hydrogen-bond donors (Lipinski definition) is 0. The Kier molecular flexibility index (Phi) is 4.45. The highest BCUT2D eigenvalue weighted by Crippen LogP contribution is 2.22. The average molecular weight is 311 g/mol. The summed E-state index contributed by atoms with van der Waals surface area (Å²) < 4.78 is 0. The number of halogens is 1. The van der Waals surface area contributed by atoms with Crippen LogP contribution in [0.3, 0.4) is 0 Å². The first kappa shape index (κ1) is 14.8. The standard InChI is InChI=1S/C14H23ClN6/c1-11-10-19(2)6-5-9-21(11)14-17-12(15)16-13(18-14)20-7-3-4-8-20/h11H,3-10H2,1-2H3. The lowest BCUT2D eigenvalue weighted by Gasteiger charge is -2.28. The van der Waals surface area contributed by atoms with E-state index < -0.39 is 0 Å². The van der Waals surface area contributed by atoms with Gasteiger partial charge in [0.05, 0.1) is 0 Å². The number of anilines is 2. The lowest BCUT2D eigenvalue weighted by atomic mass is 10.3. The topological polar surface area (TPSA) is 48.4 Å². The first-order chi connectivity index (χ1) is 10.1. The smallest absolute Gasteiger partial charge is 0.231 e. The van der Waals surface area contributed by atoms with E-state index in [1.54, 1.807) is 0 Å². The minimum absolute atomic E-state index is 0.298. The third-order valence-electron chi connectivity index (χ3n) is 4.28. The number of hydrogen-bond acceptors (Lipinski definition) is 6. The second-order valence-corrected chi connectivity index (χ2v) is 6.39. The monoisotopic (exact) mass is 310 g/mol. The van der Waals surface area contributed by atoms with Crippen LogP contribution < -0.4 is 9.80 Å². The van der Waals surface area contributed by atoms with Crippen molar-refractivity contribution < 1.29 is 0 Å². The Labute approximate surface area is 131 Å². The van der Waals surface area contributed by atoms with E-state index in [-0.39, 0.29) is 0 Å². The number of nitrogens with zero attached hydrogens (tertiary/aromatic N) is 6. The average Bonchev–Trinajstić information content (AvgIpc) is 2.91. The van der Waals surface area contributed by atoms with Crippen LogP contribution in [0.15, 0.2) is 0 Å². The van der Waals surface area contributed by atoms with Gasteiger partial charge in [0, 0.05) is 32.2 Å². The lowest BCUT2D eigenvalue weighted by molar-refractivity contribution is 0.337. The summed E-state index contributed by atoms with van der Waals surface area (Å²) in [6.07, 6.45) is 3.51. The third-order valence-corrected chi connectivity index (χ3v) is 4.45. The summed E-state index contributed by atoms with van der Waals surface area (Å²) in [5, 5.41) is 0.298. The van der Waals surface area contributed by atoms with Crippen LogP contribution in [0.25, 0.3) is 0 Å². The minimum atomic E-state index is 0.298. The lowest BCUT2D eigenvalue weighted by Crippen LogP contribution is -2.39. The molecule has 2 fully saturated rings. The molecule has 0 amide bonds. The fourth-order valence-electron chi connectivity index (χ4n) is 3.19. The summed E-state index contributed by atoms with van der Waals surface area (Å²) in [6.45, 7) is 7.33. The van der Waals surface area contributed by atoms with Crippen LogP contribution in [0.5, 0.6) is 0 Å². The molecule has 2 aliphatic rings. The molecule has 1 aromatic rings. The van der Waals surface area contributed by atoms with Gasteiger partial charge in [-0.05, 0) is 51.4 Å². The fourth-order valence-corrected chi connectivity index (χ4v) is 3.34. The number of rotatable bonds is 2. The molecule has 0 bridgehead atoms. The molecule has 3 rings (SSSR count). The Morgan fingerprint density at radius 2 is 1.67 bits per heavy atom. The van der Waals surface area contributed by atoms with Gasteiger partial charge >= 0.3 is 0 Å². The van der Waals surface area contributed by atoms with E-state index in [2.05, 4.69) is 43.6 Å². The fraction of sp³-hybridized carbons (Fsp3) is 0.786.